The molecule has 4 heterocycles. The zero-order valence-corrected chi connectivity index (χ0v) is 17.9. The Morgan fingerprint density at radius 2 is 1.93 bits per heavy atom. The highest BCUT2D eigenvalue weighted by molar-refractivity contribution is 7.11. The van der Waals surface area contributed by atoms with Gasteiger partial charge in [-0.2, -0.15) is 5.10 Å². The zero-order valence-electron chi connectivity index (χ0n) is 17.1. The molecular formula is C23H26N6S. The molecule has 1 saturated heterocycles. The molecule has 0 unspecified atom stereocenters. The van der Waals surface area contributed by atoms with Gasteiger partial charge in [-0.1, -0.05) is 12.1 Å². The Morgan fingerprint density at radius 3 is 2.67 bits per heavy atom. The summed E-state index contributed by atoms with van der Waals surface area (Å²) in [4.78, 5) is 7.01. The summed E-state index contributed by atoms with van der Waals surface area (Å²) in [5, 5.41) is 12.9. The molecule has 6 nitrogen and oxygen atoms in total. The van der Waals surface area contributed by atoms with E-state index in [-0.39, 0.29) is 0 Å². The van der Waals surface area contributed by atoms with Gasteiger partial charge in [0.25, 0.3) is 0 Å². The number of benzene rings is 1. The molecule has 7 heteroatoms. The Bertz CT molecular complexity index is 1150. The number of anilines is 2. The van der Waals surface area contributed by atoms with E-state index in [9.17, 15) is 0 Å². The van der Waals surface area contributed by atoms with E-state index < -0.39 is 0 Å². The predicted molar refractivity (Wildman–Crippen MR) is 125 cm³/mol. The third-order valence-electron chi connectivity index (χ3n) is 5.73. The van der Waals surface area contributed by atoms with Gasteiger partial charge in [-0.05, 0) is 63.2 Å². The Kier molecular flexibility index (Phi) is 5.14. The predicted octanol–water partition coefficient (Wildman–Crippen LogP) is 4.59. The number of fused-ring (bicyclic) bond motifs is 1. The number of rotatable bonds is 5. The lowest BCUT2D eigenvalue weighted by Crippen LogP contribution is -2.29. The van der Waals surface area contributed by atoms with Crippen molar-refractivity contribution in [3.05, 3.63) is 58.4 Å². The van der Waals surface area contributed by atoms with Crippen molar-refractivity contribution in [2.24, 2.45) is 0 Å². The molecule has 0 spiro atoms. The topological polar surface area (TPSA) is 80.8 Å². The third kappa shape index (κ3) is 3.66. The van der Waals surface area contributed by atoms with Crippen LogP contribution in [0.4, 0.5) is 11.5 Å². The summed E-state index contributed by atoms with van der Waals surface area (Å²) in [5.41, 5.74) is 10.4. The smallest absolute Gasteiger partial charge is 0.135 e. The normalized spacial score (nSPS) is 15.0. The fourth-order valence-electron chi connectivity index (χ4n) is 4.16. The molecule has 154 valence electrons. The maximum absolute atomic E-state index is 6.29. The van der Waals surface area contributed by atoms with Crippen LogP contribution in [0.5, 0.6) is 0 Å². The number of piperidine rings is 1. The molecule has 3 aromatic heterocycles. The molecule has 5 rings (SSSR count). The Hall–Kier alpha value is -2.90. The largest absolute Gasteiger partial charge is 0.383 e. The molecule has 4 aromatic rings. The summed E-state index contributed by atoms with van der Waals surface area (Å²) in [6.45, 7) is 5.01. The highest BCUT2D eigenvalue weighted by atomic mass is 32.1. The Morgan fingerprint density at radius 1 is 1.13 bits per heavy atom. The molecule has 0 radical (unpaired) electrons. The zero-order chi connectivity index (χ0) is 20.5. The van der Waals surface area contributed by atoms with Gasteiger partial charge in [-0.15, -0.1) is 11.3 Å². The quantitative estimate of drug-likeness (QED) is 0.442. The van der Waals surface area contributed by atoms with Crippen molar-refractivity contribution in [2.45, 2.75) is 32.4 Å². The second kappa shape index (κ2) is 8.08. The van der Waals surface area contributed by atoms with E-state index >= 15 is 0 Å². The number of hydrogen-bond donors (Lipinski definition) is 3. The molecule has 0 amide bonds. The summed E-state index contributed by atoms with van der Waals surface area (Å²) in [6.07, 6.45) is 3.92. The van der Waals surface area contributed by atoms with Crippen LogP contribution in [0.3, 0.4) is 0 Å². The number of nitrogen functional groups attached to an aromatic ring is 1. The number of pyridine rings is 1. The molecule has 1 aromatic carbocycles. The monoisotopic (exact) mass is 418 g/mol. The first-order valence-electron chi connectivity index (χ1n) is 10.4. The van der Waals surface area contributed by atoms with E-state index in [4.69, 9.17) is 10.8 Å². The average molecular weight is 419 g/mol. The molecule has 4 N–H and O–H groups in total. The molecule has 0 aliphatic carbocycles. The fourth-order valence-corrected chi connectivity index (χ4v) is 4.99. The van der Waals surface area contributed by atoms with Gasteiger partial charge >= 0.3 is 0 Å². The van der Waals surface area contributed by atoms with Crippen molar-refractivity contribution in [3.63, 3.8) is 0 Å². The van der Waals surface area contributed by atoms with Gasteiger partial charge in [-0.3, -0.25) is 4.68 Å². The van der Waals surface area contributed by atoms with Crippen LogP contribution in [0.2, 0.25) is 0 Å². The number of thiophene rings is 1. The number of nitrogens with one attached hydrogen (secondary N) is 2. The highest BCUT2D eigenvalue weighted by Crippen LogP contribution is 2.34. The SMILES string of the molecule is Cc1ccc(CNc2ccc(-c3nn(C4CCNCC4)c4ccnc(N)c34)cc2)s1. The van der Waals surface area contributed by atoms with Crippen molar-refractivity contribution in [1.82, 2.24) is 20.1 Å². The van der Waals surface area contributed by atoms with Gasteiger partial charge < -0.3 is 16.4 Å². The molecule has 1 aliphatic rings. The van der Waals surface area contributed by atoms with Crippen LogP contribution in [0, 0.1) is 6.92 Å². The van der Waals surface area contributed by atoms with Crippen LogP contribution >= 0.6 is 11.3 Å². The maximum atomic E-state index is 6.29. The lowest BCUT2D eigenvalue weighted by molar-refractivity contribution is 0.352. The van der Waals surface area contributed by atoms with E-state index in [0.29, 0.717) is 11.9 Å². The molecule has 30 heavy (non-hydrogen) atoms. The summed E-state index contributed by atoms with van der Waals surface area (Å²) in [7, 11) is 0. The summed E-state index contributed by atoms with van der Waals surface area (Å²) in [5.74, 6) is 0.540. The standard InChI is InChI=1S/C23H26N6S/c1-15-2-7-19(30-15)14-27-17-5-3-16(4-6-17)22-21-20(10-13-26-23(21)24)29(28-22)18-8-11-25-12-9-18/h2-7,10,13,18,25,27H,8-9,11-12,14H2,1H3,(H2,24,26). The van der Waals surface area contributed by atoms with E-state index in [2.05, 4.69) is 63.6 Å². The third-order valence-corrected chi connectivity index (χ3v) is 6.73. The second-order valence-electron chi connectivity index (χ2n) is 7.81. The van der Waals surface area contributed by atoms with Crippen molar-refractivity contribution >= 4 is 33.7 Å². The Balaban J connectivity index is 1.45. The first-order chi connectivity index (χ1) is 14.7. The van der Waals surface area contributed by atoms with Crippen LogP contribution in [0.1, 0.15) is 28.6 Å². The summed E-state index contributed by atoms with van der Waals surface area (Å²) in [6, 6.07) is 15.2. The van der Waals surface area contributed by atoms with Gasteiger partial charge in [0.15, 0.2) is 0 Å². The minimum Gasteiger partial charge on any atom is -0.383 e. The van der Waals surface area contributed by atoms with Crippen LogP contribution in [-0.2, 0) is 6.54 Å². The average Bonchev–Trinajstić information content (AvgIpc) is 3.38. The molecule has 0 bridgehead atoms. The second-order valence-corrected chi connectivity index (χ2v) is 9.18. The number of nitrogens with two attached hydrogens (primary N) is 1. The summed E-state index contributed by atoms with van der Waals surface area (Å²) >= 11 is 1.83. The first-order valence-corrected chi connectivity index (χ1v) is 11.2. The van der Waals surface area contributed by atoms with Crippen LogP contribution in [0.25, 0.3) is 22.2 Å². The van der Waals surface area contributed by atoms with Crippen molar-refractivity contribution < 1.29 is 0 Å². The maximum Gasteiger partial charge on any atom is 0.135 e. The number of hydrogen-bond acceptors (Lipinski definition) is 6. The van der Waals surface area contributed by atoms with Crippen molar-refractivity contribution in [1.29, 1.82) is 0 Å². The number of aryl methyl sites for hydroxylation is 1. The van der Waals surface area contributed by atoms with Gasteiger partial charge in [-0.25, -0.2) is 4.98 Å². The molecule has 1 fully saturated rings. The molecule has 1 aliphatic heterocycles. The number of nitrogens with zero attached hydrogens (tertiary/aromatic N) is 3. The van der Waals surface area contributed by atoms with Gasteiger partial charge in [0.05, 0.1) is 16.9 Å². The van der Waals surface area contributed by atoms with Crippen molar-refractivity contribution in [2.75, 3.05) is 24.1 Å². The van der Waals surface area contributed by atoms with Crippen molar-refractivity contribution in [3.8, 4) is 11.3 Å². The number of aromatic nitrogens is 3. The lowest BCUT2D eigenvalue weighted by Gasteiger charge is -2.23. The highest BCUT2D eigenvalue weighted by Gasteiger charge is 2.22. The molecule has 0 atom stereocenters. The summed E-state index contributed by atoms with van der Waals surface area (Å²) < 4.78 is 2.16. The van der Waals surface area contributed by atoms with E-state index in [1.807, 2.05) is 17.4 Å². The Labute approximate surface area is 180 Å². The van der Waals surface area contributed by atoms with Gasteiger partial charge in [0.1, 0.15) is 11.5 Å². The molecular weight excluding hydrogens is 392 g/mol. The van der Waals surface area contributed by atoms with E-state index in [1.54, 1.807) is 6.20 Å². The minimum absolute atomic E-state index is 0.388. The van der Waals surface area contributed by atoms with E-state index in [0.717, 1.165) is 60.3 Å². The minimum atomic E-state index is 0.388. The molecule has 0 saturated carbocycles. The first kappa shape index (κ1) is 19.1. The van der Waals surface area contributed by atoms with Gasteiger partial charge in [0.2, 0.25) is 0 Å². The van der Waals surface area contributed by atoms with Crippen LogP contribution < -0.4 is 16.4 Å². The van der Waals surface area contributed by atoms with E-state index in [1.165, 1.54) is 9.75 Å². The van der Waals surface area contributed by atoms with Crippen LogP contribution in [0.15, 0.2) is 48.7 Å². The van der Waals surface area contributed by atoms with Crippen LogP contribution in [-0.4, -0.2) is 27.9 Å². The fraction of sp³-hybridized carbons (Fsp3) is 0.304. The lowest BCUT2D eigenvalue weighted by atomic mass is 10.1. The van der Waals surface area contributed by atoms with Gasteiger partial charge in [0, 0.05) is 33.7 Å².